The van der Waals surface area contributed by atoms with Crippen LogP contribution in [-0.4, -0.2) is 106 Å². The van der Waals surface area contributed by atoms with Gasteiger partial charge in [-0.15, -0.1) is 0 Å². The molecule has 0 radical (unpaired) electrons. The Morgan fingerprint density at radius 1 is 0.976 bits per heavy atom. The lowest BCUT2D eigenvalue weighted by atomic mass is 10.0. The van der Waals surface area contributed by atoms with Gasteiger partial charge in [0, 0.05) is 50.8 Å². The minimum Gasteiger partial charge on any atom is -0.379 e. The Morgan fingerprint density at radius 3 is 2.37 bits per heavy atom. The van der Waals surface area contributed by atoms with Crippen LogP contribution in [-0.2, 0) is 19.0 Å². The molecular weight excluding hydrogens is 550 g/mol. The van der Waals surface area contributed by atoms with E-state index >= 15 is 0 Å². The molecule has 0 bridgehead atoms. The first-order valence-corrected chi connectivity index (χ1v) is 15.3. The number of nitrogens with zero attached hydrogens (tertiary/aromatic N) is 3. The Hall–Kier alpha value is -2.81. The number of unbranched alkanes of at least 4 members (excludes halogenated alkanes) is 1. The molecule has 13 nitrogen and oxygen atoms in total. The molecule has 3 atom stereocenters. The number of ether oxygens (including phenoxy) is 3. The van der Waals surface area contributed by atoms with E-state index in [1.165, 1.54) is 6.20 Å². The van der Waals surface area contributed by atoms with Crippen LogP contribution in [0.4, 0.5) is 10.5 Å². The minimum absolute atomic E-state index is 0.0581. The lowest BCUT2D eigenvalue weighted by Gasteiger charge is -2.16. The average Bonchev–Trinajstić information content (AvgIpc) is 3.52. The standard InChI is InChI=1S/C27H43N7O6S/c1-28-34-20-8-9-21(31-18-20)26(36)30-11-5-13-39-15-17-40-16-14-38-12-4-10-29-24(35)7-3-2-6-23-25-22(19-41-23)32-27(37)33-25/h8-9,18,22-23,25H,2-7,10-17,19H2,1H3,(H,29,35)(H,30,36)(H2,32,33,37). The molecule has 4 N–H and O–H groups in total. The highest BCUT2D eigenvalue weighted by molar-refractivity contribution is 8.00. The summed E-state index contributed by atoms with van der Waals surface area (Å²) in [7, 11) is 1.57. The monoisotopic (exact) mass is 593 g/mol. The molecule has 2 aliphatic rings. The van der Waals surface area contributed by atoms with Crippen LogP contribution in [0.3, 0.4) is 0 Å². The molecule has 0 saturated carbocycles. The number of carbonyl (C=O) groups is 3. The molecule has 2 saturated heterocycles. The third-order valence-electron chi connectivity index (χ3n) is 6.56. The number of pyridine rings is 1. The Bertz CT molecular complexity index is 968. The van der Waals surface area contributed by atoms with Crippen LogP contribution < -0.4 is 21.3 Å². The highest BCUT2D eigenvalue weighted by atomic mass is 32.2. The lowest BCUT2D eigenvalue weighted by molar-refractivity contribution is -0.121. The van der Waals surface area contributed by atoms with Crippen molar-refractivity contribution in [3.05, 3.63) is 24.0 Å². The van der Waals surface area contributed by atoms with Gasteiger partial charge in [-0.05, 0) is 37.8 Å². The largest absolute Gasteiger partial charge is 0.379 e. The highest BCUT2D eigenvalue weighted by Crippen LogP contribution is 2.33. The van der Waals surface area contributed by atoms with Gasteiger partial charge in [-0.2, -0.15) is 22.0 Å². The molecule has 2 fully saturated rings. The van der Waals surface area contributed by atoms with Crippen LogP contribution in [0.1, 0.15) is 49.0 Å². The van der Waals surface area contributed by atoms with Crippen LogP contribution in [0.2, 0.25) is 0 Å². The number of amides is 4. The maximum absolute atomic E-state index is 12.1. The van der Waals surface area contributed by atoms with E-state index in [1.807, 2.05) is 11.8 Å². The van der Waals surface area contributed by atoms with Crippen molar-refractivity contribution in [2.45, 2.75) is 55.9 Å². The van der Waals surface area contributed by atoms with Gasteiger partial charge in [0.15, 0.2) is 0 Å². The van der Waals surface area contributed by atoms with E-state index in [-0.39, 0.29) is 29.9 Å². The van der Waals surface area contributed by atoms with Gasteiger partial charge in [0.05, 0.1) is 44.7 Å². The Balaban J connectivity index is 1.02. The van der Waals surface area contributed by atoms with Crippen molar-refractivity contribution in [3.63, 3.8) is 0 Å². The quantitative estimate of drug-likeness (QED) is 0.0957. The van der Waals surface area contributed by atoms with Gasteiger partial charge in [-0.1, -0.05) is 6.42 Å². The normalized spacial score (nSPS) is 19.6. The van der Waals surface area contributed by atoms with E-state index in [2.05, 4.69) is 36.5 Å². The maximum Gasteiger partial charge on any atom is 0.315 e. The van der Waals surface area contributed by atoms with E-state index < -0.39 is 0 Å². The SMILES string of the molecule is CN=Nc1ccc(C(=O)NCCCOCCOCCOCCCNC(=O)CCCCC2SCC3NC(=O)NC32)nc1. The number of thioether (sulfide) groups is 1. The van der Waals surface area contributed by atoms with Crippen molar-refractivity contribution in [3.8, 4) is 0 Å². The molecule has 41 heavy (non-hydrogen) atoms. The second-order valence-electron chi connectivity index (χ2n) is 9.72. The summed E-state index contributed by atoms with van der Waals surface area (Å²) in [5.41, 5.74) is 0.934. The Kier molecular flexibility index (Phi) is 15.4. The van der Waals surface area contributed by atoms with Crippen LogP contribution in [0.25, 0.3) is 0 Å². The molecule has 1 aromatic heterocycles. The zero-order chi connectivity index (χ0) is 29.1. The molecule has 228 valence electrons. The molecule has 4 amide bonds. The van der Waals surface area contributed by atoms with Gasteiger partial charge >= 0.3 is 6.03 Å². The zero-order valence-electron chi connectivity index (χ0n) is 23.8. The van der Waals surface area contributed by atoms with Crippen molar-refractivity contribution in [2.75, 3.05) is 65.5 Å². The van der Waals surface area contributed by atoms with Crippen LogP contribution in [0, 0.1) is 0 Å². The molecule has 3 heterocycles. The number of nitrogens with one attached hydrogen (secondary N) is 4. The molecule has 3 rings (SSSR count). The van der Waals surface area contributed by atoms with Gasteiger partial charge in [-0.3, -0.25) is 9.59 Å². The summed E-state index contributed by atoms with van der Waals surface area (Å²) < 4.78 is 16.5. The van der Waals surface area contributed by atoms with Crippen molar-refractivity contribution in [2.24, 2.45) is 10.2 Å². The average molecular weight is 594 g/mol. The summed E-state index contributed by atoms with van der Waals surface area (Å²) in [6, 6.07) is 3.72. The van der Waals surface area contributed by atoms with Crippen LogP contribution in [0.5, 0.6) is 0 Å². The summed E-state index contributed by atoms with van der Waals surface area (Å²) in [6.07, 6.45) is 6.34. The molecule has 0 aliphatic carbocycles. The van der Waals surface area contributed by atoms with Crippen molar-refractivity contribution in [1.82, 2.24) is 26.3 Å². The number of urea groups is 1. The molecule has 3 unspecified atom stereocenters. The number of hydrogen-bond donors (Lipinski definition) is 4. The van der Waals surface area contributed by atoms with E-state index in [0.29, 0.717) is 82.2 Å². The molecule has 0 spiro atoms. The van der Waals surface area contributed by atoms with Crippen molar-refractivity contribution >= 4 is 35.3 Å². The Labute approximate surface area is 245 Å². The van der Waals surface area contributed by atoms with E-state index in [0.717, 1.165) is 31.4 Å². The Morgan fingerprint density at radius 2 is 1.68 bits per heavy atom. The third kappa shape index (κ3) is 12.7. The van der Waals surface area contributed by atoms with Crippen LogP contribution in [0.15, 0.2) is 28.6 Å². The summed E-state index contributed by atoms with van der Waals surface area (Å²) in [6.45, 7) is 4.11. The summed E-state index contributed by atoms with van der Waals surface area (Å²) in [5, 5.41) is 19.7. The van der Waals surface area contributed by atoms with Gasteiger partial charge < -0.3 is 35.5 Å². The fraction of sp³-hybridized carbons (Fsp3) is 0.704. The predicted molar refractivity (Wildman–Crippen MR) is 156 cm³/mol. The highest BCUT2D eigenvalue weighted by Gasteiger charge is 2.42. The van der Waals surface area contributed by atoms with Gasteiger partial charge in [0.2, 0.25) is 5.91 Å². The molecule has 1 aromatic rings. The van der Waals surface area contributed by atoms with E-state index in [4.69, 9.17) is 14.2 Å². The van der Waals surface area contributed by atoms with Gasteiger partial charge in [0.25, 0.3) is 5.91 Å². The predicted octanol–water partition coefficient (Wildman–Crippen LogP) is 2.20. The molecule has 14 heteroatoms. The minimum atomic E-state index is -0.237. The molecule has 0 aromatic carbocycles. The summed E-state index contributed by atoms with van der Waals surface area (Å²) in [4.78, 5) is 39.6. The fourth-order valence-corrected chi connectivity index (χ4v) is 6.01. The van der Waals surface area contributed by atoms with Crippen molar-refractivity contribution < 1.29 is 28.6 Å². The second kappa shape index (κ2) is 19.3. The first kappa shape index (κ1) is 32.7. The maximum atomic E-state index is 12.1. The smallest absolute Gasteiger partial charge is 0.315 e. The number of carbonyl (C=O) groups excluding carboxylic acids is 3. The summed E-state index contributed by atoms with van der Waals surface area (Å²) >= 11 is 1.90. The first-order valence-electron chi connectivity index (χ1n) is 14.3. The van der Waals surface area contributed by atoms with Gasteiger partial charge in [-0.25, -0.2) is 9.78 Å². The van der Waals surface area contributed by atoms with Gasteiger partial charge in [0.1, 0.15) is 11.4 Å². The van der Waals surface area contributed by atoms with Crippen LogP contribution >= 0.6 is 11.8 Å². The topological polar surface area (TPSA) is 165 Å². The number of azo groups is 1. The first-order chi connectivity index (χ1) is 20.1. The second-order valence-corrected chi connectivity index (χ2v) is 11.0. The number of aromatic nitrogens is 1. The van der Waals surface area contributed by atoms with E-state index in [9.17, 15) is 14.4 Å². The van der Waals surface area contributed by atoms with E-state index in [1.54, 1.807) is 19.2 Å². The number of rotatable bonds is 21. The molecule has 2 aliphatic heterocycles. The lowest BCUT2D eigenvalue weighted by Crippen LogP contribution is -2.36. The number of fused-ring (bicyclic) bond motifs is 1. The molecular formula is C27H43N7O6S. The summed E-state index contributed by atoms with van der Waals surface area (Å²) in [5.74, 6) is 0.802. The zero-order valence-corrected chi connectivity index (χ0v) is 24.6. The van der Waals surface area contributed by atoms with Crippen molar-refractivity contribution in [1.29, 1.82) is 0 Å². The third-order valence-corrected chi connectivity index (χ3v) is 8.07. The fourth-order valence-electron chi connectivity index (χ4n) is 4.47. The number of hydrogen-bond acceptors (Lipinski definition) is 10.